The third kappa shape index (κ3) is 5.40. The van der Waals surface area contributed by atoms with Crippen LogP contribution in [0.15, 0.2) is 66.7 Å². The molecular formula is C38H43N3O8Si. The molecule has 4 heterocycles. The molecule has 262 valence electrons. The van der Waals surface area contributed by atoms with Crippen molar-refractivity contribution in [2.75, 3.05) is 23.9 Å². The number of rotatable bonds is 8. The topological polar surface area (TPSA) is 135 Å². The van der Waals surface area contributed by atoms with Gasteiger partial charge in [0.05, 0.1) is 46.8 Å². The Labute approximate surface area is 292 Å². The first-order chi connectivity index (χ1) is 23.9. The van der Waals surface area contributed by atoms with Crippen LogP contribution >= 0.6 is 0 Å². The fourth-order valence-corrected chi connectivity index (χ4v) is 12.8. The first kappa shape index (κ1) is 33.9. The maximum atomic E-state index is 14.4. The Morgan fingerprint density at radius 2 is 1.76 bits per heavy atom. The molecule has 0 aliphatic carbocycles. The van der Waals surface area contributed by atoms with Gasteiger partial charge >= 0.3 is 5.97 Å². The number of hydrogen-bond donors (Lipinski definition) is 2. The van der Waals surface area contributed by atoms with Gasteiger partial charge in [0.15, 0.2) is 11.8 Å². The molecule has 2 saturated heterocycles. The highest BCUT2D eigenvalue weighted by atomic mass is 28.3. The van der Waals surface area contributed by atoms with Gasteiger partial charge in [-0.1, -0.05) is 61.6 Å². The Hall–Kier alpha value is -4.52. The van der Waals surface area contributed by atoms with E-state index >= 15 is 0 Å². The van der Waals surface area contributed by atoms with Crippen LogP contribution in [0.25, 0.3) is 0 Å². The summed E-state index contributed by atoms with van der Waals surface area (Å²) in [6, 6.07) is 20.9. The highest BCUT2D eigenvalue weighted by molar-refractivity contribution is 6.91. The van der Waals surface area contributed by atoms with Gasteiger partial charge in [-0.3, -0.25) is 24.1 Å². The minimum absolute atomic E-state index is 0.0312. The summed E-state index contributed by atoms with van der Waals surface area (Å²) in [5.74, 6) is -0.770. The molecule has 2 fully saturated rings. The monoisotopic (exact) mass is 697 g/mol. The molecule has 0 saturated carbocycles. The smallest absolute Gasteiger partial charge is 0.304 e. The fraction of sp³-hybridized carbons (Fsp3) is 0.421. The number of amides is 3. The molecule has 0 radical (unpaired) electrons. The zero-order valence-electron chi connectivity index (χ0n) is 29.0. The quantitative estimate of drug-likeness (QED) is 0.206. The number of aliphatic hydroxyl groups is 1. The van der Waals surface area contributed by atoms with E-state index in [1.807, 2.05) is 43.3 Å². The number of methoxy groups -OCH3 is 1. The Kier molecular flexibility index (Phi) is 8.60. The highest BCUT2D eigenvalue weighted by Crippen LogP contribution is 2.59. The van der Waals surface area contributed by atoms with Gasteiger partial charge in [-0.15, -0.1) is 0 Å². The molecule has 11 nitrogen and oxygen atoms in total. The SMILES string of the molecule is COc1ccc([Si](C)(C)[C@H]2[C@H](CC(=O)N3Cc4ccccc4C[C@H]3CO)O[C@@]3(C(=O)Nc4ccc(N5C(=O)CC5OC(C)=O)cc43)[C@@H]2C)cc1. The van der Waals surface area contributed by atoms with Crippen LogP contribution in [0.2, 0.25) is 18.6 Å². The molecule has 3 aromatic rings. The number of nitrogens with zero attached hydrogens (tertiary/aromatic N) is 2. The van der Waals surface area contributed by atoms with Crippen LogP contribution in [0.5, 0.6) is 5.75 Å². The zero-order chi connectivity index (χ0) is 35.5. The van der Waals surface area contributed by atoms with Crippen LogP contribution in [0, 0.1) is 5.92 Å². The minimum Gasteiger partial charge on any atom is -0.497 e. The summed E-state index contributed by atoms with van der Waals surface area (Å²) in [7, 11) is -0.900. The Bertz CT molecular complexity index is 1860. The first-order valence-electron chi connectivity index (χ1n) is 17.1. The van der Waals surface area contributed by atoms with Crippen LogP contribution in [-0.2, 0) is 47.2 Å². The molecule has 4 aliphatic heterocycles. The predicted molar refractivity (Wildman–Crippen MR) is 188 cm³/mol. The van der Waals surface area contributed by atoms with Gasteiger partial charge in [-0.25, -0.2) is 0 Å². The van der Waals surface area contributed by atoms with Crippen LogP contribution < -0.4 is 20.1 Å². The number of anilines is 2. The van der Waals surface area contributed by atoms with Gasteiger partial charge < -0.3 is 29.5 Å². The molecule has 12 heteroatoms. The highest BCUT2D eigenvalue weighted by Gasteiger charge is 2.65. The lowest BCUT2D eigenvalue weighted by atomic mass is 9.82. The second-order valence-electron chi connectivity index (χ2n) is 14.4. The summed E-state index contributed by atoms with van der Waals surface area (Å²) in [6.07, 6.45) is -0.687. The summed E-state index contributed by atoms with van der Waals surface area (Å²) in [4.78, 5) is 56.3. The second-order valence-corrected chi connectivity index (χ2v) is 19.1. The normalized spacial score (nSPS) is 27.0. The van der Waals surface area contributed by atoms with Crippen molar-refractivity contribution in [3.63, 3.8) is 0 Å². The standard InChI is InChI=1S/C38H43N3O8Si/c1-22-36(50(4,5)29-13-11-28(47-3)12-14-29)32(18-33(44)40-20-25-9-7-6-8-24(25)16-27(40)21-42)49-38(22)30-17-26(10-15-31(30)39-37(38)46)41-34(45)19-35(41)48-23(2)43/h6-15,17,22,27,32,35-36,42H,16,18-21H2,1-5H3,(H,39,46)/t22-,27+,32+,35?,36-,38+/m1/s1. The molecule has 3 aromatic carbocycles. The number of carbonyl (C=O) groups excluding carboxylic acids is 4. The van der Waals surface area contributed by atoms with E-state index in [-0.39, 0.29) is 54.7 Å². The van der Waals surface area contributed by atoms with Crippen molar-refractivity contribution in [1.29, 1.82) is 0 Å². The number of esters is 1. The largest absolute Gasteiger partial charge is 0.497 e. The van der Waals surface area contributed by atoms with Crippen LogP contribution in [0.4, 0.5) is 11.4 Å². The number of β-lactam (4-membered cyclic amide) rings is 1. The maximum Gasteiger partial charge on any atom is 0.304 e. The number of hydrogen-bond acceptors (Lipinski definition) is 8. The van der Waals surface area contributed by atoms with Crippen molar-refractivity contribution in [3.8, 4) is 5.75 Å². The van der Waals surface area contributed by atoms with Crippen molar-refractivity contribution in [3.05, 3.63) is 83.4 Å². The molecule has 3 amide bonds. The van der Waals surface area contributed by atoms with Crippen molar-refractivity contribution >= 4 is 48.3 Å². The molecule has 1 spiro atoms. The third-order valence-corrected chi connectivity index (χ3v) is 15.7. The number of aliphatic hydroxyl groups excluding tert-OH is 1. The molecule has 4 aliphatic rings. The average molecular weight is 698 g/mol. The molecule has 0 bridgehead atoms. The van der Waals surface area contributed by atoms with Gasteiger partial charge in [-0.2, -0.15) is 0 Å². The van der Waals surface area contributed by atoms with Crippen molar-refractivity contribution in [2.45, 2.75) is 82.3 Å². The van der Waals surface area contributed by atoms with E-state index in [9.17, 15) is 24.3 Å². The van der Waals surface area contributed by atoms with Gasteiger partial charge in [-0.05, 0) is 53.4 Å². The fourth-order valence-electron chi connectivity index (χ4n) is 8.79. The average Bonchev–Trinajstić information content (AvgIpc) is 3.55. The summed E-state index contributed by atoms with van der Waals surface area (Å²) >= 11 is 0. The first-order valence-corrected chi connectivity index (χ1v) is 20.2. The lowest BCUT2D eigenvalue weighted by molar-refractivity contribution is -0.154. The molecular weight excluding hydrogens is 655 g/mol. The van der Waals surface area contributed by atoms with Crippen molar-refractivity contribution in [2.24, 2.45) is 5.92 Å². The number of nitrogens with one attached hydrogen (secondary N) is 1. The summed E-state index contributed by atoms with van der Waals surface area (Å²) in [6.45, 7) is 8.04. The number of fused-ring (bicyclic) bond motifs is 3. The summed E-state index contributed by atoms with van der Waals surface area (Å²) in [5.41, 5.74) is 2.21. The molecule has 50 heavy (non-hydrogen) atoms. The number of benzene rings is 3. The minimum atomic E-state index is -2.53. The van der Waals surface area contributed by atoms with Crippen molar-refractivity contribution < 1.29 is 38.5 Å². The van der Waals surface area contributed by atoms with Crippen LogP contribution in [0.1, 0.15) is 43.4 Å². The number of carbonyl (C=O) groups is 4. The van der Waals surface area contributed by atoms with Gasteiger partial charge in [0, 0.05) is 36.3 Å². The Balaban J connectivity index is 1.28. The molecule has 6 atom stereocenters. The zero-order valence-corrected chi connectivity index (χ0v) is 30.0. The van der Waals surface area contributed by atoms with E-state index in [0.717, 1.165) is 22.1 Å². The molecule has 1 unspecified atom stereocenters. The summed E-state index contributed by atoms with van der Waals surface area (Å²) < 4.78 is 17.8. The van der Waals surface area contributed by atoms with Crippen LogP contribution in [0.3, 0.4) is 0 Å². The van der Waals surface area contributed by atoms with Crippen molar-refractivity contribution in [1.82, 2.24) is 4.90 Å². The molecule has 2 N–H and O–H groups in total. The van der Waals surface area contributed by atoms with Gasteiger partial charge in [0.2, 0.25) is 11.8 Å². The third-order valence-electron chi connectivity index (χ3n) is 11.3. The van der Waals surface area contributed by atoms with Gasteiger partial charge in [0.1, 0.15) is 5.75 Å². The van der Waals surface area contributed by atoms with E-state index in [2.05, 4.69) is 30.5 Å². The van der Waals surface area contributed by atoms with Gasteiger partial charge in [0.25, 0.3) is 5.91 Å². The molecule has 0 aromatic heterocycles. The van der Waals surface area contributed by atoms with E-state index in [1.54, 1.807) is 30.2 Å². The summed E-state index contributed by atoms with van der Waals surface area (Å²) in [5, 5.41) is 14.5. The van der Waals surface area contributed by atoms with E-state index in [0.29, 0.717) is 29.9 Å². The number of ether oxygens (including phenoxy) is 3. The van der Waals surface area contributed by atoms with E-state index in [1.165, 1.54) is 11.8 Å². The predicted octanol–water partition coefficient (Wildman–Crippen LogP) is 3.83. The van der Waals surface area contributed by atoms with E-state index < -0.39 is 32.0 Å². The lowest BCUT2D eigenvalue weighted by Crippen LogP contribution is -2.55. The Morgan fingerprint density at radius 3 is 2.42 bits per heavy atom. The molecule has 7 rings (SSSR count). The lowest BCUT2D eigenvalue weighted by Gasteiger charge is -2.39. The van der Waals surface area contributed by atoms with Crippen LogP contribution in [-0.4, -0.2) is 73.9 Å². The second kappa shape index (κ2) is 12.7. The Morgan fingerprint density at radius 1 is 1.04 bits per heavy atom. The maximum absolute atomic E-state index is 14.4. The van der Waals surface area contributed by atoms with E-state index in [4.69, 9.17) is 14.2 Å².